The highest BCUT2D eigenvalue weighted by atomic mass is 32.2. The first-order valence-electron chi connectivity index (χ1n) is 7.92. The second-order valence-electron chi connectivity index (χ2n) is 6.11. The van der Waals surface area contributed by atoms with Gasteiger partial charge in [0, 0.05) is 12.6 Å². The molecule has 0 saturated heterocycles. The van der Waals surface area contributed by atoms with E-state index in [9.17, 15) is 23.1 Å². The number of anilines is 1. The molecule has 1 aromatic heterocycles. The van der Waals surface area contributed by atoms with E-state index in [0.29, 0.717) is 11.4 Å². The van der Waals surface area contributed by atoms with Crippen LogP contribution in [0.1, 0.15) is 23.1 Å². The molecule has 0 fully saturated rings. The first-order valence-corrected chi connectivity index (χ1v) is 9.58. The maximum absolute atomic E-state index is 12.5. The van der Waals surface area contributed by atoms with Crippen molar-refractivity contribution in [3.63, 3.8) is 0 Å². The van der Waals surface area contributed by atoms with E-state index in [1.54, 1.807) is 6.92 Å². The van der Waals surface area contributed by atoms with Crippen LogP contribution in [0, 0.1) is 6.92 Å². The largest absolute Gasteiger partial charge is 0.379 e. The van der Waals surface area contributed by atoms with Crippen molar-refractivity contribution < 1.29 is 23.1 Å². The topological polar surface area (TPSA) is 138 Å². The lowest BCUT2D eigenvalue weighted by molar-refractivity contribution is -0.130. The van der Waals surface area contributed by atoms with Gasteiger partial charge in [0.15, 0.2) is 15.4 Å². The van der Waals surface area contributed by atoms with E-state index in [-0.39, 0.29) is 16.5 Å². The van der Waals surface area contributed by atoms with Gasteiger partial charge in [-0.15, -0.1) is 0 Å². The minimum atomic E-state index is -3.98. The quantitative estimate of drug-likeness (QED) is 0.643. The number of hydrogen-bond donors (Lipinski definition) is 3. The maximum atomic E-state index is 12.5. The monoisotopic (exact) mass is 392 g/mol. The number of aromatic nitrogens is 2. The lowest BCUT2D eigenvalue weighted by Gasteiger charge is -2.22. The average molecular weight is 392 g/mol. The number of carbonyl (C=O) groups excluding carboxylic acids is 2. The summed E-state index contributed by atoms with van der Waals surface area (Å²) in [5.41, 5.74) is -1.66. The fraction of sp³-hybridized carbons (Fsp3) is 0.294. The van der Waals surface area contributed by atoms with Gasteiger partial charge in [-0.3, -0.25) is 9.59 Å². The number of nitrogens with one attached hydrogen (secondary N) is 2. The summed E-state index contributed by atoms with van der Waals surface area (Å²) < 4.78 is 25.1. The summed E-state index contributed by atoms with van der Waals surface area (Å²) in [6, 6.07) is 5.21. The van der Waals surface area contributed by atoms with Gasteiger partial charge < -0.3 is 15.7 Å². The highest BCUT2D eigenvalue weighted by Gasteiger charge is 2.36. The van der Waals surface area contributed by atoms with Gasteiger partial charge in [0.2, 0.25) is 0 Å². The fourth-order valence-electron chi connectivity index (χ4n) is 2.20. The normalized spacial score (nSPS) is 13.5. The van der Waals surface area contributed by atoms with Crippen molar-refractivity contribution in [3.05, 3.63) is 48.0 Å². The maximum Gasteiger partial charge on any atom is 0.257 e. The third-order valence-electron chi connectivity index (χ3n) is 3.70. The van der Waals surface area contributed by atoms with Gasteiger partial charge >= 0.3 is 0 Å². The van der Waals surface area contributed by atoms with Crippen LogP contribution in [0.4, 0.5) is 5.69 Å². The van der Waals surface area contributed by atoms with Gasteiger partial charge in [0.1, 0.15) is 5.82 Å². The van der Waals surface area contributed by atoms with Gasteiger partial charge in [-0.1, -0.05) is 0 Å². The summed E-state index contributed by atoms with van der Waals surface area (Å²) in [5.74, 6) is -1.59. The van der Waals surface area contributed by atoms with E-state index in [1.165, 1.54) is 43.7 Å². The minimum Gasteiger partial charge on any atom is -0.379 e. The van der Waals surface area contributed by atoms with Crippen LogP contribution in [-0.2, 0) is 14.6 Å². The summed E-state index contributed by atoms with van der Waals surface area (Å²) >= 11 is 0. The predicted octanol–water partition coefficient (Wildman–Crippen LogP) is 0.308. The zero-order valence-corrected chi connectivity index (χ0v) is 15.9. The van der Waals surface area contributed by atoms with E-state index in [4.69, 9.17) is 0 Å². The molecular weight excluding hydrogens is 372 g/mol. The Morgan fingerprint density at radius 1 is 1.15 bits per heavy atom. The van der Waals surface area contributed by atoms with Crippen molar-refractivity contribution in [2.24, 2.45) is 0 Å². The van der Waals surface area contributed by atoms with Crippen LogP contribution in [0.3, 0.4) is 0 Å². The van der Waals surface area contributed by atoms with Crippen molar-refractivity contribution in [1.29, 1.82) is 0 Å². The number of rotatable bonds is 6. The summed E-state index contributed by atoms with van der Waals surface area (Å²) in [5, 5.41) is 15.2. The Morgan fingerprint density at radius 3 is 2.22 bits per heavy atom. The van der Waals surface area contributed by atoms with E-state index >= 15 is 0 Å². The van der Waals surface area contributed by atoms with Gasteiger partial charge in [-0.2, -0.15) is 0 Å². The first kappa shape index (κ1) is 20.5. The number of benzene rings is 1. The average Bonchev–Trinajstić information content (AvgIpc) is 2.62. The fourth-order valence-corrected chi connectivity index (χ4v) is 3.79. The molecule has 1 atom stereocenters. The number of nitrogens with zero attached hydrogens (tertiary/aromatic N) is 2. The Balaban J connectivity index is 2.15. The lowest BCUT2D eigenvalue weighted by atomic mass is 10.1. The third kappa shape index (κ3) is 5.08. The number of carbonyl (C=O) groups is 2. The van der Waals surface area contributed by atoms with Crippen LogP contribution in [0.25, 0.3) is 0 Å². The molecule has 1 aromatic carbocycles. The Labute approximate surface area is 156 Å². The number of hydrogen-bond acceptors (Lipinski definition) is 7. The van der Waals surface area contributed by atoms with E-state index in [1.807, 2.05) is 0 Å². The molecule has 0 unspecified atom stereocenters. The molecule has 9 nitrogen and oxygen atoms in total. The number of amides is 2. The molecule has 144 valence electrons. The summed E-state index contributed by atoms with van der Waals surface area (Å²) in [6.45, 7) is 2.78. The number of aryl methyl sites for hydroxylation is 1. The van der Waals surface area contributed by atoms with Gasteiger partial charge in [0.25, 0.3) is 11.8 Å². The van der Waals surface area contributed by atoms with Gasteiger partial charge in [-0.25, -0.2) is 18.4 Å². The standard InChI is InChI=1S/C17H20N4O5S/c1-11-19-8-13(9-20-11)21-16(23)17(2,24)10-27(25,26)14-6-4-12(5-7-14)15(22)18-3/h4-9,24H,10H2,1-3H3,(H,18,22)(H,21,23)/t17-/m0/s1. The van der Waals surface area contributed by atoms with Crippen molar-refractivity contribution in [3.8, 4) is 0 Å². The second kappa shape index (κ2) is 7.80. The molecule has 0 spiro atoms. The molecule has 3 N–H and O–H groups in total. The van der Waals surface area contributed by atoms with Crippen molar-refractivity contribution in [2.75, 3.05) is 18.1 Å². The second-order valence-corrected chi connectivity index (χ2v) is 8.10. The molecule has 27 heavy (non-hydrogen) atoms. The Hall–Kier alpha value is -2.85. The number of sulfone groups is 1. The molecule has 2 rings (SSSR count). The van der Waals surface area contributed by atoms with Crippen molar-refractivity contribution in [2.45, 2.75) is 24.3 Å². The van der Waals surface area contributed by atoms with Crippen molar-refractivity contribution >= 4 is 27.3 Å². The van der Waals surface area contributed by atoms with Crippen LogP contribution >= 0.6 is 0 Å². The Bertz CT molecular complexity index is 938. The van der Waals surface area contributed by atoms with Crippen LogP contribution < -0.4 is 10.6 Å². The molecule has 0 radical (unpaired) electrons. The molecule has 2 aromatic rings. The molecule has 1 heterocycles. The summed E-state index contributed by atoms with van der Waals surface area (Å²) in [4.78, 5) is 31.5. The predicted molar refractivity (Wildman–Crippen MR) is 97.9 cm³/mol. The van der Waals surface area contributed by atoms with Gasteiger partial charge in [-0.05, 0) is 38.1 Å². The molecule has 0 bridgehead atoms. The van der Waals surface area contributed by atoms with E-state index < -0.39 is 27.1 Å². The Morgan fingerprint density at radius 2 is 1.70 bits per heavy atom. The lowest BCUT2D eigenvalue weighted by Crippen LogP contribution is -2.45. The van der Waals surface area contributed by atoms with Crippen LogP contribution in [-0.4, -0.2) is 53.7 Å². The molecule has 0 aliphatic rings. The molecule has 0 saturated carbocycles. The zero-order chi connectivity index (χ0) is 20.2. The van der Waals surface area contributed by atoms with E-state index in [2.05, 4.69) is 20.6 Å². The van der Waals surface area contributed by atoms with Crippen molar-refractivity contribution in [1.82, 2.24) is 15.3 Å². The Kier molecular flexibility index (Phi) is 5.91. The molecule has 2 amide bonds. The van der Waals surface area contributed by atoms with Crippen LogP contribution in [0.15, 0.2) is 41.6 Å². The smallest absolute Gasteiger partial charge is 0.257 e. The SMILES string of the molecule is CNC(=O)c1ccc(S(=O)(=O)C[C@](C)(O)C(=O)Nc2cnc(C)nc2)cc1. The first-order chi connectivity index (χ1) is 12.5. The molecular formula is C17H20N4O5S. The van der Waals surface area contributed by atoms with E-state index in [0.717, 1.165) is 6.92 Å². The molecule has 0 aliphatic heterocycles. The summed E-state index contributed by atoms with van der Waals surface area (Å²) in [6.07, 6.45) is 2.70. The van der Waals surface area contributed by atoms with Crippen LogP contribution in [0.2, 0.25) is 0 Å². The summed E-state index contributed by atoms with van der Waals surface area (Å²) in [7, 11) is -2.52. The highest BCUT2D eigenvalue weighted by molar-refractivity contribution is 7.91. The zero-order valence-electron chi connectivity index (χ0n) is 15.1. The van der Waals surface area contributed by atoms with Crippen LogP contribution in [0.5, 0.6) is 0 Å². The molecule has 10 heteroatoms. The highest BCUT2D eigenvalue weighted by Crippen LogP contribution is 2.19. The third-order valence-corrected chi connectivity index (χ3v) is 5.63. The number of aliphatic hydroxyl groups is 1. The minimum absolute atomic E-state index is 0.109. The molecule has 0 aliphatic carbocycles. The van der Waals surface area contributed by atoms with Gasteiger partial charge in [0.05, 0.1) is 28.7 Å².